The molecular formula is C22H25ClF3NO4S. The summed E-state index contributed by atoms with van der Waals surface area (Å²) in [7, 11) is -4.46. The van der Waals surface area contributed by atoms with Crippen LogP contribution in [0.5, 0.6) is 5.75 Å². The second kappa shape index (κ2) is 9.70. The molecule has 32 heavy (non-hydrogen) atoms. The van der Waals surface area contributed by atoms with E-state index in [-0.39, 0.29) is 30.1 Å². The predicted molar refractivity (Wildman–Crippen MR) is 116 cm³/mol. The van der Waals surface area contributed by atoms with Crippen molar-refractivity contribution in [3.63, 3.8) is 0 Å². The molecule has 0 spiro atoms. The molecule has 0 heterocycles. The van der Waals surface area contributed by atoms with Gasteiger partial charge in [0.2, 0.25) is 5.91 Å². The zero-order valence-electron chi connectivity index (χ0n) is 18.1. The van der Waals surface area contributed by atoms with E-state index in [1.54, 1.807) is 30.9 Å². The summed E-state index contributed by atoms with van der Waals surface area (Å²) in [6, 6.07) is 9.19. The highest BCUT2D eigenvalue weighted by molar-refractivity contribution is 7.87. The van der Waals surface area contributed by atoms with E-state index in [1.165, 1.54) is 12.1 Å². The molecule has 0 saturated heterocycles. The number of halogens is 4. The number of alkyl halides is 4. The Morgan fingerprint density at radius 3 is 2.19 bits per heavy atom. The van der Waals surface area contributed by atoms with Crippen LogP contribution in [-0.2, 0) is 27.6 Å². The third-order valence-corrected chi connectivity index (χ3v) is 6.64. The molecule has 2 aromatic carbocycles. The average Bonchev–Trinajstić information content (AvgIpc) is 2.71. The number of carbonyl (C=O) groups excluding carboxylic acids is 1. The van der Waals surface area contributed by atoms with Gasteiger partial charge in [-0.2, -0.15) is 21.6 Å². The Kier molecular flexibility index (Phi) is 7.88. The molecule has 1 amide bonds. The van der Waals surface area contributed by atoms with Gasteiger partial charge in [-0.25, -0.2) is 0 Å². The summed E-state index contributed by atoms with van der Waals surface area (Å²) < 4.78 is 68.4. The highest BCUT2D eigenvalue weighted by Gasteiger charge is 2.33. The number of benzene rings is 2. The maximum atomic E-state index is 12.9. The first-order valence-corrected chi connectivity index (χ1v) is 11.7. The Morgan fingerprint density at radius 2 is 1.69 bits per heavy atom. The van der Waals surface area contributed by atoms with Crippen molar-refractivity contribution in [3.8, 4) is 5.75 Å². The Balaban J connectivity index is 2.19. The molecule has 0 aliphatic carbocycles. The van der Waals surface area contributed by atoms with Gasteiger partial charge >= 0.3 is 16.3 Å². The minimum atomic E-state index is -4.68. The molecule has 10 heteroatoms. The first-order valence-electron chi connectivity index (χ1n) is 9.75. The van der Waals surface area contributed by atoms with Gasteiger partial charge in [0.25, 0.3) is 0 Å². The Bertz CT molecular complexity index is 1050. The van der Waals surface area contributed by atoms with Gasteiger partial charge in [0, 0.05) is 18.5 Å². The van der Waals surface area contributed by atoms with E-state index >= 15 is 0 Å². The SMILES string of the molecule is CC(C)N(Cc1ccc(OS(=O)(=O)c2cccc(C(F)(F)F)c2)cc1)C(=O)C(C)(C)CCl. The first-order chi connectivity index (χ1) is 14.7. The number of hydrogen-bond donors (Lipinski definition) is 0. The van der Waals surface area contributed by atoms with Crippen LogP contribution in [0.25, 0.3) is 0 Å². The molecule has 0 fully saturated rings. The van der Waals surface area contributed by atoms with Crippen molar-refractivity contribution < 1.29 is 30.6 Å². The van der Waals surface area contributed by atoms with Gasteiger partial charge in [0.1, 0.15) is 10.6 Å². The molecule has 0 N–H and O–H groups in total. The monoisotopic (exact) mass is 491 g/mol. The molecule has 0 aromatic heterocycles. The van der Waals surface area contributed by atoms with Crippen LogP contribution in [-0.4, -0.2) is 31.1 Å². The minimum absolute atomic E-state index is 0.0605. The Labute approximate surface area is 191 Å². The number of nitrogens with zero attached hydrogens (tertiary/aromatic N) is 1. The van der Waals surface area contributed by atoms with Crippen molar-refractivity contribution in [3.05, 3.63) is 59.7 Å². The van der Waals surface area contributed by atoms with Crippen LogP contribution < -0.4 is 4.18 Å². The number of amides is 1. The summed E-state index contributed by atoms with van der Waals surface area (Å²) in [5.74, 6) is -0.0143. The van der Waals surface area contributed by atoms with Crippen molar-refractivity contribution in [1.82, 2.24) is 4.90 Å². The van der Waals surface area contributed by atoms with Crippen molar-refractivity contribution in [2.45, 2.75) is 51.4 Å². The van der Waals surface area contributed by atoms with Crippen molar-refractivity contribution in [1.29, 1.82) is 0 Å². The Hall–Kier alpha value is -2.26. The van der Waals surface area contributed by atoms with Crippen LogP contribution in [0.3, 0.4) is 0 Å². The molecule has 0 bridgehead atoms. The van der Waals surface area contributed by atoms with E-state index in [9.17, 15) is 26.4 Å². The van der Waals surface area contributed by atoms with Gasteiger partial charge in [-0.3, -0.25) is 4.79 Å². The van der Waals surface area contributed by atoms with Gasteiger partial charge in [-0.15, -0.1) is 11.6 Å². The third kappa shape index (κ3) is 6.38. The molecule has 0 saturated carbocycles. The molecule has 0 atom stereocenters. The smallest absolute Gasteiger partial charge is 0.379 e. The summed E-state index contributed by atoms with van der Waals surface area (Å²) in [5, 5.41) is 0. The highest BCUT2D eigenvalue weighted by Crippen LogP contribution is 2.31. The predicted octanol–water partition coefficient (Wildman–Crippen LogP) is 5.48. The summed E-state index contributed by atoms with van der Waals surface area (Å²) in [4.78, 5) is 13.9. The molecule has 0 aliphatic heterocycles. The van der Waals surface area contributed by atoms with Gasteiger partial charge < -0.3 is 9.08 Å². The lowest BCUT2D eigenvalue weighted by Crippen LogP contribution is -2.45. The molecule has 0 radical (unpaired) electrons. The number of hydrogen-bond acceptors (Lipinski definition) is 4. The molecular weight excluding hydrogens is 467 g/mol. The van der Waals surface area contributed by atoms with Crippen LogP contribution in [0.4, 0.5) is 13.2 Å². The minimum Gasteiger partial charge on any atom is -0.379 e. The molecule has 2 aromatic rings. The van der Waals surface area contributed by atoms with Gasteiger partial charge in [-0.1, -0.05) is 18.2 Å². The largest absolute Gasteiger partial charge is 0.416 e. The van der Waals surface area contributed by atoms with E-state index in [0.717, 1.165) is 23.8 Å². The van der Waals surface area contributed by atoms with Crippen LogP contribution in [0.2, 0.25) is 0 Å². The van der Waals surface area contributed by atoms with Crippen molar-refractivity contribution in [2.75, 3.05) is 5.88 Å². The van der Waals surface area contributed by atoms with Crippen LogP contribution in [0.15, 0.2) is 53.4 Å². The van der Waals surface area contributed by atoms with E-state index in [1.807, 2.05) is 13.8 Å². The molecule has 0 unspecified atom stereocenters. The molecule has 0 aliphatic rings. The normalized spacial score (nSPS) is 12.7. The first kappa shape index (κ1) is 26.0. The second-order valence-corrected chi connectivity index (χ2v) is 10.1. The van der Waals surface area contributed by atoms with E-state index < -0.39 is 32.2 Å². The quantitative estimate of drug-likeness (QED) is 0.362. The topological polar surface area (TPSA) is 63.7 Å². The summed E-state index contributed by atoms with van der Waals surface area (Å²) in [6.07, 6.45) is -4.68. The molecule has 2 rings (SSSR count). The number of rotatable bonds is 8. The second-order valence-electron chi connectivity index (χ2n) is 8.25. The molecule has 5 nitrogen and oxygen atoms in total. The fraction of sp³-hybridized carbons (Fsp3) is 0.409. The Morgan fingerprint density at radius 1 is 1.09 bits per heavy atom. The van der Waals surface area contributed by atoms with Crippen LogP contribution in [0.1, 0.15) is 38.8 Å². The van der Waals surface area contributed by atoms with E-state index in [2.05, 4.69) is 0 Å². The zero-order valence-corrected chi connectivity index (χ0v) is 19.7. The standard InChI is InChI=1S/C22H25ClF3NO4S/c1-15(2)27(20(28)21(3,4)14-23)13-16-8-10-18(11-9-16)31-32(29,30)19-7-5-6-17(12-19)22(24,25)26/h5-12,15H,13-14H2,1-4H3. The summed E-state index contributed by atoms with van der Waals surface area (Å²) >= 11 is 5.92. The lowest BCUT2D eigenvalue weighted by Gasteiger charge is -2.33. The van der Waals surface area contributed by atoms with Gasteiger partial charge in [0.05, 0.1) is 11.0 Å². The third-order valence-electron chi connectivity index (χ3n) is 4.73. The maximum Gasteiger partial charge on any atom is 0.416 e. The number of carbonyl (C=O) groups is 1. The van der Waals surface area contributed by atoms with E-state index in [0.29, 0.717) is 6.07 Å². The van der Waals surface area contributed by atoms with Gasteiger partial charge in [-0.05, 0) is 63.6 Å². The fourth-order valence-electron chi connectivity index (χ4n) is 2.78. The highest BCUT2D eigenvalue weighted by atomic mass is 35.5. The molecule has 176 valence electrons. The lowest BCUT2D eigenvalue weighted by molar-refractivity contribution is -0.141. The van der Waals surface area contributed by atoms with E-state index in [4.69, 9.17) is 15.8 Å². The lowest BCUT2D eigenvalue weighted by atomic mass is 9.93. The van der Waals surface area contributed by atoms with Crippen LogP contribution in [0, 0.1) is 5.41 Å². The van der Waals surface area contributed by atoms with Gasteiger partial charge in [0.15, 0.2) is 0 Å². The summed E-state index contributed by atoms with van der Waals surface area (Å²) in [6.45, 7) is 7.54. The summed E-state index contributed by atoms with van der Waals surface area (Å²) in [5.41, 5.74) is -1.11. The maximum absolute atomic E-state index is 12.9. The van der Waals surface area contributed by atoms with Crippen LogP contribution >= 0.6 is 11.6 Å². The van der Waals surface area contributed by atoms with Crippen molar-refractivity contribution in [2.24, 2.45) is 5.41 Å². The fourth-order valence-corrected chi connectivity index (χ4v) is 3.88. The van der Waals surface area contributed by atoms with Crippen molar-refractivity contribution >= 4 is 27.6 Å². The zero-order chi connectivity index (χ0) is 24.3. The average molecular weight is 492 g/mol.